The molecule has 4 nitrogen and oxygen atoms in total. The Kier molecular flexibility index (Phi) is 10.6. The van der Waals surface area contributed by atoms with Gasteiger partial charge in [-0.25, -0.2) is 0 Å². The Balaban J connectivity index is 0.00000162. The molecule has 0 saturated heterocycles. The molecule has 0 saturated carbocycles. The Hall–Kier alpha value is -10.9. The normalized spacial score (nSPS) is 12.7. The molecule has 2 heterocycles. The van der Waals surface area contributed by atoms with Gasteiger partial charge in [-0.2, -0.15) is 0 Å². The van der Waals surface area contributed by atoms with Crippen molar-refractivity contribution in [1.82, 2.24) is 0 Å². The van der Waals surface area contributed by atoms with E-state index in [1.165, 1.54) is 126 Å². The Bertz CT molecular complexity index is 5770. The predicted octanol–water partition coefficient (Wildman–Crippen LogP) is 26.4. The van der Waals surface area contributed by atoms with E-state index in [1.807, 2.05) is 36.4 Å². The molecule has 0 bridgehead atoms. The Morgan fingerprint density at radius 2 is 0.611 bits per heavy atom. The third-order valence-electron chi connectivity index (χ3n) is 17.7. The minimum atomic E-state index is -1.48. The highest BCUT2D eigenvalue weighted by Crippen LogP contribution is 2.48. The number of halogens is 1. The van der Waals surface area contributed by atoms with Gasteiger partial charge in [-0.15, -0.1) is 0 Å². The Morgan fingerprint density at radius 3 is 1.07 bits per heavy atom. The van der Waals surface area contributed by atoms with Gasteiger partial charge in [0.2, 0.25) is 0 Å². The second-order valence-electron chi connectivity index (χ2n) is 22.9. The van der Waals surface area contributed by atoms with E-state index in [9.17, 15) is 10.0 Å². The number of fused-ring (bicyclic) bond motifs is 12. The van der Waals surface area contributed by atoms with Gasteiger partial charge in [-0.3, -0.25) is 0 Å². The van der Waals surface area contributed by atoms with Gasteiger partial charge in [-0.1, -0.05) is 279 Å². The van der Waals surface area contributed by atoms with E-state index < -0.39 is 7.12 Å². The van der Waals surface area contributed by atoms with Crippen molar-refractivity contribution >= 4 is 137 Å². The van der Waals surface area contributed by atoms with Crippen molar-refractivity contribution < 1.29 is 63.3 Å². The standard InChI is InChI=1S/C42H26O.C30H19Br.C12H9BO3.15H2.H/c1-2-11-30-26-31(25-22-27(30)10-1)28-20-23-29(24-21-28)40-32-12-3-5-14-34(32)41(35-15-6-4-13-33(35)40)37-17-9-19-39-42(37)36-16-7-8-18-38(36)43-39;31-30-27-11-5-3-9-25(27)29(26-10-4-6-12-28(26)30)22-16-13-21(14-17-22)24-18-15-20-7-1-2-8-23(20)19-24;14-13(15)9-5-3-7-11-12(9)8-4-1-2-6-10(8)16-11;;;;;;;;;;;;;;;;/h1-26H;1-19H;1-7,14-15H;15*1H;/q;;;;;;;;;;;;;;;;;;-1/i;;;14*1+1D;;1+1. The van der Waals surface area contributed by atoms with Gasteiger partial charge in [0.25, 0.3) is 0 Å². The summed E-state index contributed by atoms with van der Waals surface area (Å²) in [7, 11) is -1.48. The highest BCUT2D eigenvalue weighted by atomic mass is 79.9. The summed E-state index contributed by atoms with van der Waals surface area (Å²) in [5.41, 5.74) is 16.1. The Morgan fingerprint density at radius 1 is 0.289 bits per heavy atom. The summed E-state index contributed by atoms with van der Waals surface area (Å²) < 4.78 is 153. The van der Waals surface area contributed by atoms with Gasteiger partial charge in [0.15, 0.2) is 0 Å². The molecule has 0 aliphatic carbocycles. The highest BCUT2D eigenvalue weighted by Gasteiger charge is 2.22. The number of furan rings is 2. The minimum Gasteiger partial charge on any atom is -1.00 e. The molecule has 2 N–H and O–H groups in total. The van der Waals surface area contributed by atoms with Gasteiger partial charge in [0.1, 0.15) is 22.3 Å². The smallest absolute Gasteiger partial charge is 0.489 e. The molecule has 6 heteroatoms. The van der Waals surface area contributed by atoms with Crippen molar-refractivity contribution in [2.24, 2.45) is 0 Å². The zero-order valence-corrected chi connectivity index (χ0v) is 50.3. The van der Waals surface area contributed by atoms with Crippen molar-refractivity contribution in [3.05, 3.63) is 320 Å². The lowest BCUT2D eigenvalue weighted by molar-refractivity contribution is 0.426. The zero-order valence-electron chi connectivity index (χ0n) is 77.7. The van der Waals surface area contributed by atoms with Crippen LogP contribution in [0.15, 0.2) is 329 Å². The van der Waals surface area contributed by atoms with Crippen LogP contribution in [0.4, 0.5) is 0 Å². The molecule has 18 aromatic rings. The third-order valence-corrected chi connectivity index (χ3v) is 18.5. The highest BCUT2D eigenvalue weighted by molar-refractivity contribution is 9.10. The molecular weight excluding hydrogens is 1160 g/mol. The lowest BCUT2D eigenvalue weighted by Crippen LogP contribution is -2.30. The molecule has 0 aliphatic rings. The van der Waals surface area contributed by atoms with Gasteiger partial charge in [0.05, 0.1) is 0 Å². The van der Waals surface area contributed by atoms with E-state index in [1.54, 1.807) is 12.1 Å². The van der Waals surface area contributed by atoms with E-state index in [2.05, 4.69) is 283 Å². The first-order chi connectivity index (χ1) is 58.4. The maximum atomic E-state index is 9.31. The molecule has 2 aromatic heterocycles. The molecule has 0 amide bonds. The molecule has 0 atom stereocenters. The summed E-state index contributed by atoms with van der Waals surface area (Å²) in [4.78, 5) is 0. The van der Waals surface area contributed by atoms with Crippen molar-refractivity contribution in [1.29, 1.82) is 0 Å². The van der Waals surface area contributed by atoms with Gasteiger partial charge >= 0.3 is 7.12 Å². The SMILES string of the molecule is Brc1c2ccccc2c(-c2ccc(-c3ccc4ccccc4c3)cc2)c2ccccc12.OB(O)c1cccc2oc3ccccc3c12.[2H-].[2H][2H].[2H][2H].[2H][2H].[2H][2H].[2H][2H].[2H][2H].[2H][2H].[2H][2H].[2H][2H].[2H][2H].[2H][2H].[2H][2H].[2H][2H].[2H][2H].[HH].c1ccc2cc(-c3ccc(-c4c5ccccc5c(-c5cccc6oc7ccccc7c56)c5ccccc45)cc3)ccc2c1. The largest absolute Gasteiger partial charge is 1.00 e. The van der Waals surface area contributed by atoms with E-state index in [4.69, 9.17) is 50.4 Å². The molecule has 0 fully saturated rings. The predicted molar refractivity (Wildman–Crippen MR) is 416 cm³/mol. The van der Waals surface area contributed by atoms with Crippen LogP contribution in [0.3, 0.4) is 0 Å². The van der Waals surface area contributed by atoms with Gasteiger partial charge in [0, 0.05) is 69.0 Å². The first kappa shape index (κ1) is 41.3. The van der Waals surface area contributed by atoms with Crippen LogP contribution in [0.5, 0.6) is 0 Å². The van der Waals surface area contributed by atoms with Crippen LogP contribution < -0.4 is 5.46 Å². The van der Waals surface area contributed by atoms with Crippen molar-refractivity contribution in [3.63, 3.8) is 0 Å². The first-order valence-corrected chi connectivity index (χ1v) is 31.1. The van der Waals surface area contributed by atoms with E-state index in [0.717, 1.165) is 37.4 Å². The molecule has 0 spiro atoms. The van der Waals surface area contributed by atoms with Crippen LogP contribution in [0, 0.1) is 0 Å². The average molecular weight is 1280 g/mol. The fraction of sp³-hybridized carbons (Fsp3) is 0. The second-order valence-corrected chi connectivity index (χ2v) is 23.7. The lowest BCUT2D eigenvalue weighted by atomic mass is 9.77. The van der Waals surface area contributed by atoms with Gasteiger partial charge in [-0.05, 0) is 178 Å². The molecule has 0 aliphatic heterocycles. The first-order valence-electron chi connectivity index (χ1n) is 44.3. The fourth-order valence-electron chi connectivity index (χ4n) is 13.5. The van der Waals surface area contributed by atoms with Crippen LogP contribution in [0.2, 0.25) is 0 Å². The van der Waals surface area contributed by atoms with Crippen LogP contribution in [0.25, 0.3) is 164 Å². The lowest BCUT2D eigenvalue weighted by Gasteiger charge is -2.18. The average Bonchev–Trinajstić information content (AvgIpc) is 1.47. The maximum absolute atomic E-state index is 9.31. The topological polar surface area (TPSA) is 66.7 Å². The number of rotatable bonds is 6. The van der Waals surface area contributed by atoms with Crippen LogP contribution in [-0.4, -0.2) is 17.2 Å². The molecular formula is C84H85BBrO4-. The summed E-state index contributed by atoms with van der Waals surface area (Å²) in [6.45, 7) is 0. The van der Waals surface area contributed by atoms with Crippen LogP contribution in [-0.2, 0) is 0 Å². The fourth-order valence-corrected chi connectivity index (χ4v) is 14.2. The summed E-state index contributed by atoms with van der Waals surface area (Å²) in [6, 6.07) is 111. The van der Waals surface area contributed by atoms with Crippen molar-refractivity contribution in [2.45, 2.75) is 0 Å². The summed E-state index contributed by atoms with van der Waals surface area (Å²) in [5.74, 6) is 0. The number of para-hydroxylation sites is 2. The molecule has 16 aromatic carbocycles. The second kappa shape index (κ2) is 23.0. The minimum absolute atomic E-state index is 0. The molecule has 18 rings (SSSR count). The molecule has 0 radical (unpaired) electrons. The molecule has 456 valence electrons. The number of benzene rings is 16. The van der Waals surface area contributed by atoms with E-state index in [0.29, 0.717) is 11.0 Å². The molecule has 0 unspecified atom stereocenters. The van der Waals surface area contributed by atoms with Crippen LogP contribution >= 0.6 is 15.9 Å². The van der Waals surface area contributed by atoms with Gasteiger partial charge < -0.3 is 20.3 Å². The van der Waals surface area contributed by atoms with E-state index >= 15 is 0 Å². The monoisotopic (exact) mass is 1280 g/mol. The number of hydrogen-bond donors (Lipinski definition) is 2. The van der Waals surface area contributed by atoms with Crippen molar-refractivity contribution in [3.8, 4) is 55.6 Å². The Labute approximate surface area is 574 Å². The van der Waals surface area contributed by atoms with E-state index in [-0.39, 0.29) is 2.85 Å². The molecule has 90 heavy (non-hydrogen) atoms. The third kappa shape index (κ3) is 9.66. The number of hydrogen-bond acceptors (Lipinski definition) is 4. The maximum Gasteiger partial charge on any atom is 0.489 e. The quantitative estimate of drug-likeness (QED) is 0.129. The summed E-state index contributed by atoms with van der Waals surface area (Å²) >= 11 is 3.85. The summed E-state index contributed by atoms with van der Waals surface area (Å²) in [5, 5.41) is 37.7. The van der Waals surface area contributed by atoms with Crippen molar-refractivity contribution in [2.75, 3.05) is 0 Å². The van der Waals surface area contributed by atoms with Crippen LogP contribution in [0.1, 0.15) is 44.4 Å². The summed E-state index contributed by atoms with van der Waals surface area (Å²) in [6.07, 6.45) is 0. The zero-order chi connectivity index (χ0) is 88.2.